The van der Waals surface area contributed by atoms with Gasteiger partial charge < -0.3 is 9.31 Å². The van der Waals surface area contributed by atoms with E-state index in [0.717, 1.165) is 11.8 Å². The van der Waals surface area contributed by atoms with E-state index in [0.29, 0.717) is 5.92 Å². The molecule has 0 spiro atoms. The lowest BCUT2D eigenvalue weighted by Gasteiger charge is -2.32. The summed E-state index contributed by atoms with van der Waals surface area (Å²) in [6, 6.07) is 8.66. The van der Waals surface area contributed by atoms with Gasteiger partial charge in [-0.3, -0.25) is 0 Å². The molecule has 2 fully saturated rings. The zero-order valence-corrected chi connectivity index (χ0v) is 14.1. The van der Waals surface area contributed by atoms with Crippen LogP contribution in [0.15, 0.2) is 24.3 Å². The number of hydrogen-bond donors (Lipinski definition) is 0. The highest BCUT2D eigenvalue weighted by molar-refractivity contribution is 6.62. The molecule has 0 aromatic heterocycles. The van der Waals surface area contributed by atoms with Gasteiger partial charge >= 0.3 is 7.12 Å². The first-order chi connectivity index (χ1) is 9.73. The molecule has 3 rings (SSSR count). The summed E-state index contributed by atoms with van der Waals surface area (Å²) < 4.78 is 12.5. The lowest BCUT2D eigenvalue weighted by Crippen LogP contribution is -2.41. The molecule has 1 aliphatic heterocycles. The monoisotopic (exact) mass is 286 g/mol. The molecular formula is C18H27BO2. The molecule has 3 heteroatoms. The van der Waals surface area contributed by atoms with Crippen molar-refractivity contribution >= 4 is 12.6 Å². The highest BCUT2D eigenvalue weighted by Gasteiger charge is 2.53. The fourth-order valence-electron chi connectivity index (χ4n) is 3.34. The topological polar surface area (TPSA) is 18.5 Å². The van der Waals surface area contributed by atoms with Crippen molar-refractivity contribution in [3.05, 3.63) is 29.8 Å². The average Bonchev–Trinajstić information content (AvgIpc) is 3.13. The molecule has 0 amide bonds. The summed E-state index contributed by atoms with van der Waals surface area (Å²) >= 11 is 0. The van der Waals surface area contributed by atoms with Crippen molar-refractivity contribution in [3.8, 4) is 0 Å². The molecule has 114 valence electrons. The zero-order valence-electron chi connectivity index (χ0n) is 14.1. The van der Waals surface area contributed by atoms with Gasteiger partial charge in [0.2, 0.25) is 0 Å². The van der Waals surface area contributed by atoms with Crippen LogP contribution in [-0.4, -0.2) is 18.3 Å². The van der Waals surface area contributed by atoms with Gasteiger partial charge in [0.25, 0.3) is 0 Å². The van der Waals surface area contributed by atoms with E-state index in [2.05, 4.69) is 65.8 Å². The Kier molecular flexibility index (Phi) is 3.49. The summed E-state index contributed by atoms with van der Waals surface area (Å²) in [6.07, 6.45) is 1.30. The Morgan fingerprint density at radius 2 is 1.62 bits per heavy atom. The van der Waals surface area contributed by atoms with Gasteiger partial charge in [0.05, 0.1) is 11.2 Å². The quantitative estimate of drug-likeness (QED) is 0.788. The first-order valence-electron chi connectivity index (χ1n) is 8.17. The summed E-state index contributed by atoms with van der Waals surface area (Å²) in [5.41, 5.74) is 2.11. The Morgan fingerprint density at radius 3 is 2.14 bits per heavy atom. The van der Waals surface area contributed by atoms with Gasteiger partial charge in [0.15, 0.2) is 0 Å². The highest BCUT2D eigenvalue weighted by Crippen LogP contribution is 2.51. The van der Waals surface area contributed by atoms with Crippen molar-refractivity contribution < 1.29 is 9.31 Å². The van der Waals surface area contributed by atoms with E-state index in [1.54, 1.807) is 0 Å². The van der Waals surface area contributed by atoms with E-state index >= 15 is 0 Å². The third kappa shape index (κ3) is 2.55. The SMILES string of the molecule is CC(C)C1CC1c1ccccc1B1OC(C)(C)C(C)(C)O1. The van der Waals surface area contributed by atoms with Crippen LogP contribution >= 0.6 is 0 Å². The van der Waals surface area contributed by atoms with Crippen molar-refractivity contribution in [2.45, 2.75) is 65.1 Å². The van der Waals surface area contributed by atoms with Crippen LogP contribution in [0.5, 0.6) is 0 Å². The third-order valence-corrected chi connectivity index (χ3v) is 5.60. The summed E-state index contributed by atoms with van der Waals surface area (Å²) in [4.78, 5) is 0. The van der Waals surface area contributed by atoms with E-state index in [9.17, 15) is 0 Å². The second-order valence-electron chi connectivity index (χ2n) is 7.97. The predicted molar refractivity (Wildman–Crippen MR) is 87.8 cm³/mol. The van der Waals surface area contributed by atoms with E-state index in [1.165, 1.54) is 17.4 Å². The van der Waals surface area contributed by atoms with Crippen LogP contribution in [0.2, 0.25) is 0 Å². The van der Waals surface area contributed by atoms with Crippen LogP contribution in [0.1, 0.15) is 59.4 Å². The maximum absolute atomic E-state index is 6.24. The van der Waals surface area contributed by atoms with Crippen molar-refractivity contribution in [3.63, 3.8) is 0 Å². The van der Waals surface area contributed by atoms with Gasteiger partial charge in [-0.15, -0.1) is 0 Å². The Labute approximate surface area is 129 Å². The molecule has 0 radical (unpaired) electrons. The molecule has 2 nitrogen and oxygen atoms in total. The second-order valence-corrected chi connectivity index (χ2v) is 7.97. The maximum Gasteiger partial charge on any atom is 0.495 e. The average molecular weight is 286 g/mol. The molecule has 1 heterocycles. The maximum atomic E-state index is 6.24. The zero-order chi connectivity index (χ0) is 15.4. The van der Waals surface area contributed by atoms with Crippen LogP contribution in [-0.2, 0) is 9.31 Å². The van der Waals surface area contributed by atoms with Crippen LogP contribution in [0.25, 0.3) is 0 Å². The molecular weight excluding hydrogens is 259 g/mol. The standard InChI is InChI=1S/C18H27BO2/c1-12(2)14-11-15(14)13-9-7-8-10-16(13)19-20-17(3,4)18(5,6)21-19/h7-10,12,14-15H,11H2,1-6H3. The van der Waals surface area contributed by atoms with Gasteiger partial charge in [0.1, 0.15) is 0 Å². The van der Waals surface area contributed by atoms with Crippen molar-refractivity contribution in [2.75, 3.05) is 0 Å². The van der Waals surface area contributed by atoms with E-state index in [-0.39, 0.29) is 18.3 Å². The van der Waals surface area contributed by atoms with E-state index in [4.69, 9.17) is 9.31 Å². The normalized spacial score (nSPS) is 30.0. The van der Waals surface area contributed by atoms with Gasteiger partial charge in [-0.2, -0.15) is 0 Å². The van der Waals surface area contributed by atoms with E-state index < -0.39 is 0 Å². The number of rotatable bonds is 3. The first-order valence-corrected chi connectivity index (χ1v) is 8.17. The Morgan fingerprint density at radius 1 is 1.05 bits per heavy atom. The van der Waals surface area contributed by atoms with Crippen LogP contribution in [0.3, 0.4) is 0 Å². The molecule has 21 heavy (non-hydrogen) atoms. The predicted octanol–water partition coefficient (Wildman–Crippen LogP) is 3.75. The molecule has 1 aromatic carbocycles. The lowest BCUT2D eigenvalue weighted by molar-refractivity contribution is 0.00578. The van der Waals surface area contributed by atoms with Gasteiger partial charge in [0, 0.05) is 0 Å². The molecule has 1 aromatic rings. The smallest absolute Gasteiger partial charge is 0.399 e. The van der Waals surface area contributed by atoms with Crippen molar-refractivity contribution in [1.82, 2.24) is 0 Å². The summed E-state index contributed by atoms with van der Waals surface area (Å²) in [6.45, 7) is 13.1. The number of benzene rings is 1. The minimum Gasteiger partial charge on any atom is -0.399 e. The largest absolute Gasteiger partial charge is 0.495 e. The molecule has 2 atom stereocenters. The van der Waals surface area contributed by atoms with Crippen molar-refractivity contribution in [2.24, 2.45) is 11.8 Å². The van der Waals surface area contributed by atoms with Crippen LogP contribution < -0.4 is 5.46 Å². The second kappa shape index (κ2) is 4.86. The molecule has 0 bridgehead atoms. The first kappa shape index (κ1) is 15.1. The van der Waals surface area contributed by atoms with Crippen molar-refractivity contribution in [1.29, 1.82) is 0 Å². The Bertz CT molecular complexity index is 520. The molecule has 1 saturated carbocycles. The van der Waals surface area contributed by atoms with Gasteiger partial charge in [-0.1, -0.05) is 38.1 Å². The Hall–Kier alpha value is -0.795. The molecule has 2 aliphatic rings. The van der Waals surface area contributed by atoms with Crippen LogP contribution in [0.4, 0.5) is 0 Å². The highest BCUT2D eigenvalue weighted by atomic mass is 16.7. The van der Waals surface area contributed by atoms with E-state index in [1.807, 2.05) is 0 Å². The van der Waals surface area contributed by atoms with Gasteiger partial charge in [-0.05, 0) is 62.9 Å². The minimum absolute atomic E-state index is 0.236. The molecule has 0 N–H and O–H groups in total. The molecule has 1 aliphatic carbocycles. The van der Waals surface area contributed by atoms with Crippen LogP contribution in [0, 0.1) is 11.8 Å². The number of hydrogen-bond acceptors (Lipinski definition) is 2. The molecule has 1 saturated heterocycles. The fraction of sp³-hybridized carbons (Fsp3) is 0.667. The summed E-state index contributed by atoms with van der Waals surface area (Å²) in [5, 5.41) is 0. The summed E-state index contributed by atoms with van der Waals surface area (Å²) in [5.74, 6) is 2.25. The third-order valence-electron chi connectivity index (χ3n) is 5.60. The Balaban J connectivity index is 1.88. The lowest BCUT2D eigenvalue weighted by atomic mass is 9.74. The minimum atomic E-state index is -0.272. The molecule has 2 unspecified atom stereocenters. The summed E-state index contributed by atoms with van der Waals surface area (Å²) in [7, 11) is -0.236. The fourth-order valence-corrected chi connectivity index (χ4v) is 3.34. The van der Waals surface area contributed by atoms with Gasteiger partial charge in [-0.25, -0.2) is 0 Å².